The first kappa shape index (κ1) is 13.4. The summed E-state index contributed by atoms with van der Waals surface area (Å²) >= 11 is 7.03. The van der Waals surface area contributed by atoms with Gasteiger partial charge in [0.05, 0.1) is 17.3 Å². The minimum atomic E-state index is 0.781. The van der Waals surface area contributed by atoms with Crippen LogP contribution >= 0.6 is 31.9 Å². The van der Waals surface area contributed by atoms with E-state index in [1.165, 1.54) is 0 Å². The average molecular weight is 372 g/mol. The summed E-state index contributed by atoms with van der Waals surface area (Å²) in [7, 11) is 1.65. The molecule has 0 aliphatic carbocycles. The summed E-state index contributed by atoms with van der Waals surface area (Å²) in [5.74, 6) is 1.58. The highest BCUT2D eigenvalue weighted by Crippen LogP contribution is 2.32. The van der Waals surface area contributed by atoms with Crippen molar-refractivity contribution in [3.8, 4) is 5.75 Å². The van der Waals surface area contributed by atoms with Gasteiger partial charge in [-0.3, -0.25) is 0 Å². The summed E-state index contributed by atoms with van der Waals surface area (Å²) in [6.07, 6.45) is 1.77. The number of aryl methyl sites for hydroxylation is 1. The topological polar surface area (TPSA) is 34.1 Å². The number of rotatable bonds is 3. The quantitative estimate of drug-likeness (QED) is 0.851. The van der Waals surface area contributed by atoms with E-state index in [1.807, 2.05) is 31.2 Å². The predicted molar refractivity (Wildman–Crippen MR) is 80.7 cm³/mol. The maximum atomic E-state index is 5.21. The summed E-state index contributed by atoms with van der Waals surface area (Å²) in [5.41, 5.74) is 2.04. The largest absolute Gasteiger partial charge is 0.497 e. The standard InChI is InChI=1S/C13H12Br2N2O/c1-8-5-6-16-13(12(8)15)17-11-7-9(18-2)3-4-10(11)14/h3-7H,1-2H3,(H,16,17). The van der Waals surface area contributed by atoms with Crippen molar-refractivity contribution in [2.45, 2.75) is 6.92 Å². The first-order valence-electron chi connectivity index (χ1n) is 5.33. The van der Waals surface area contributed by atoms with Crippen molar-refractivity contribution in [2.75, 3.05) is 12.4 Å². The van der Waals surface area contributed by atoms with Gasteiger partial charge in [0.15, 0.2) is 0 Å². The molecule has 0 bridgehead atoms. The van der Waals surface area contributed by atoms with E-state index in [4.69, 9.17) is 4.74 Å². The van der Waals surface area contributed by atoms with Crippen LogP contribution in [-0.4, -0.2) is 12.1 Å². The van der Waals surface area contributed by atoms with E-state index in [9.17, 15) is 0 Å². The number of nitrogens with one attached hydrogen (secondary N) is 1. The molecule has 0 fully saturated rings. The molecule has 2 rings (SSSR count). The lowest BCUT2D eigenvalue weighted by atomic mass is 10.2. The number of aromatic nitrogens is 1. The normalized spacial score (nSPS) is 10.2. The van der Waals surface area contributed by atoms with Crippen LogP contribution in [0.5, 0.6) is 5.75 Å². The Kier molecular flexibility index (Phi) is 4.24. The number of hydrogen-bond donors (Lipinski definition) is 1. The Balaban J connectivity index is 2.36. The van der Waals surface area contributed by atoms with Crippen LogP contribution in [0.25, 0.3) is 0 Å². The van der Waals surface area contributed by atoms with E-state index >= 15 is 0 Å². The molecule has 0 saturated heterocycles. The van der Waals surface area contributed by atoms with Crippen LogP contribution in [0.4, 0.5) is 11.5 Å². The van der Waals surface area contributed by atoms with E-state index in [0.717, 1.165) is 31.8 Å². The second kappa shape index (κ2) is 5.71. The number of anilines is 2. The highest BCUT2D eigenvalue weighted by molar-refractivity contribution is 9.11. The van der Waals surface area contributed by atoms with Gasteiger partial charge in [0.1, 0.15) is 11.6 Å². The summed E-state index contributed by atoms with van der Waals surface area (Å²) in [6.45, 7) is 2.03. The zero-order valence-corrected chi connectivity index (χ0v) is 13.2. The van der Waals surface area contributed by atoms with E-state index < -0.39 is 0 Å². The van der Waals surface area contributed by atoms with Gasteiger partial charge < -0.3 is 10.1 Å². The molecule has 0 radical (unpaired) electrons. The third kappa shape index (κ3) is 2.84. The van der Waals surface area contributed by atoms with Gasteiger partial charge >= 0.3 is 0 Å². The Morgan fingerprint density at radius 1 is 1.22 bits per heavy atom. The fourth-order valence-corrected chi connectivity index (χ4v) is 2.16. The van der Waals surface area contributed by atoms with Gasteiger partial charge in [-0.05, 0) is 62.5 Å². The second-order valence-corrected chi connectivity index (χ2v) is 5.41. The number of halogens is 2. The number of hydrogen-bond acceptors (Lipinski definition) is 3. The molecule has 1 N–H and O–H groups in total. The molecule has 0 unspecified atom stereocenters. The fraction of sp³-hybridized carbons (Fsp3) is 0.154. The van der Waals surface area contributed by atoms with Crippen molar-refractivity contribution in [3.05, 3.63) is 45.0 Å². The van der Waals surface area contributed by atoms with Crippen LogP contribution in [0.15, 0.2) is 39.4 Å². The summed E-state index contributed by atoms with van der Waals surface area (Å²) in [5, 5.41) is 3.27. The maximum Gasteiger partial charge on any atom is 0.144 e. The maximum absolute atomic E-state index is 5.21. The van der Waals surface area contributed by atoms with Crippen molar-refractivity contribution < 1.29 is 4.74 Å². The molecule has 1 aromatic heterocycles. The van der Waals surface area contributed by atoms with Crippen LogP contribution in [0.1, 0.15) is 5.56 Å². The molecule has 18 heavy (non-hydrogen) atoms. The molecule has 5 heteroatoms. The molecule has 1 aromatic carbocycles. The second-order valence-electron chi connectivity index (χ2n) is 3.76. The van der Waals surface area contributed by atoms with Gasteiger partial charge in [0, 0.05) is 16.7 Å². The summed E-state index contributed by atoms with van der Waals surface area (Å²) < 4.78 is 7.12. The number of ether oxygens (including phenoxy) is 1. The molecule has 0 atom stereocenters. The minimum absolute atomic E-state index is 0.781. The SMILES string of the molecule is COc1ccc(Br)c(Nc2nccc(C)c2Br)c1. The summed E-state index contributed by atoms with van der Waals surface area (Å²) in [6, 6.07) is 7.70. The molecule has 2 aromatic rings. The molecule has 0 spiro atoms. The van der Waals surface area contributed by atoms with Crippen molar-refractivity contribution >= 4 is 43.4 Å². The molecular formula is C13H12Br2N2O. The smallest absolute Gasteiger partial charge is 0.144 e. The molecule has 0 amide bonds. The molecule has 1 heterocycles. The first-order valence-corrected chi connectivity index (χ1v) is 6.92. The van der Waals surface area contributed by atoms with Crippen molar-refractivity contribution in [1.82, 2.24) is 4.98 Å². The number of nitrogens with zero attached hydrogens (tertiary/aromatic N) is 1. The molecule has 0 saturated carbocycles. The van der Waals surface area contributed by atoms with Crippen LogP contribution < -0.4 is 10.1 Å². The van der Waals surface area contributed by atoms with Gasteiger partial charge in [0.2, 0.25) is 0 Å². The Hall–Kier alpha value is -1.07. The Morgan fingerprint density at radius 2 is 2.00 bits per heavy atom. The predicted octanol–water partition coefficient (Wildman–Crippen LogP) is 4.67. The van der Waals surface area contributed by atoms with Crippen LogP contribution in [0, 0.1) is 6.92 Å². The number of methoxy groups -OCH3 is 1. The van der Waals surface area contributed by atoms with Gasteiger partial charge in [-0.1, -0.05) is 0 Å². The number of pyridine rings is 1. The third-order valence-electron chi connectivity index (χ3n) is 2.51. The fourth-order valence-electron chi connectivity index (χ4n) is 1.48. The minimum Gasteiger partial charge on any atom is -0.497 e. The van der Waals surface area contributed by atoms with Crippen molar-refractivity contribution in [3.63, 3.8) is 0 Å². The van der Waals surface area contributed by atoms with E-state index in [0.29, 0.717) is 0 Å². The lowest BCUT2D eigenvalue weighted by Crippen LogP contribution is -1.97. The molecular weight excluding hydrogens is 360 g/mol. The van der Waals surface area contributed by atoms with E-state index in [1.54, 1.807) is 13.3 Å². The van der Waals surface area contributed by atoms with Crippen LogP contribution in [-0.2, 0) is 0 Å². The highest BCUT2D eigenvalue weighted by Gasteiger charge is 2.07. The third-order valence-corrected chi connectivity index (χ3v) is 4.20. The van der Waals surface area contributed by atoms with Crippen LogP contribution in [0.3, 0.4) is 0 Å². The monoisotopic (exact) mass is 370 g/mol. The highest BCUT2D eigenvalue weighted by atomic mass is 79.9. The average Bonchev–Trinajstić information content (AvgIpc) is 2.37. The zero-order chi connectivity index (χ0) is 13.1. The Morgan fingerprint density at radius 3 is 2.72 bits per heavy atom. The molecule has 3 nitrogen and oxygen atoms in total. The summed E-state index contributed by atoms with van der Waals surface area (Å²) in [4.78, 5) is 4.31. The van der Waals surface area contributed by atoms with Crippen LogP contribution in [0.2, 0.25) is 0 Å². The zero-order valence-electron chi connectivity index (χ0n) is 10.00. The van der Waals surface area contributed by atoms with Crippen molar-refractivity contribution in [2.24, 2.45) is 0 Å². The van der Waals surface area contributed by atoms with Gasteiger partial charge in [-0.25, -0.2) is 4.98 Å². The van der Waals surface area contributed by atoms with Gasteiger partial charge in [-0.2, -0.15) is 0 Å². The Labute approximate surface area is 123 Å². The van der Waals surface area contributed by atoms with E-state index in [-0.39, 0.29) is 0 Å². The number of benzene rings is 1. The first-order chi connectivity index (χ1) is 8.61. The Bertz CT molecular complexity index is 573. The molecule has 94 valence electrons. The molecule has 0 aliphatic rings. The van der Waals surface area contributed by atoms with E-state index in [2.05, 4.69) is 42.2 Å². The lowest BCUT2D eigenvalue weighted by Gasteiger charge is -2.11. The molecule has 0 aliphatic heterocycles. The van der Waals surface area contributed by atoms with Crippen molar-refractivity contribution in [1.29, 1.82) is 0 Å². The lowest BCUT2D eigenvalue weighted by molar-refractivity contribution is 0.415. The van der Waals surface area contributed by atoms with Gasteiger partial charge in [-0.15, -0.1) is 0 Å². The van der Waals surface area contributed by atoms with Gasteiger partial charge in [0.25, 0.3) is 0 Å².